The molecule has 0 radical (unpaired) electrons. The standard InChI is InChI=1S/C28H32ClN3O8/c1-4-5-8-11-32-19-10-7-6-9-18(19)30-23(32)15-39-21-13-20(37-2)16(12-17(21)29)27(36)31-24-26(35)25(34)22(14-33)40-28(24)38-3/h1,6-7,9-10,12-13,22,24-26,28,33-35H,5,8,11,14-15H2,2-3H3,(H,31,36)/t22-,24-,25-,26-,28+/m1/s1. The maximum Gasteiger partial charge on any atom is 0.255 e. The fourth-order valence-corrected chi connectivity index (χ4v) is 4.84. The lowest BCUT2D eigenvalue weighted by Gasteiger charge is -2.41. The number of ether oxygens (including phenoxy) is 4. The highest BCUT2D eigenvalue weighted by Gasteiger charge is 2.45. The van der Waals surface area contributed by atoms with Gasteiger partial charge < -0.3 is 44.2 Å². The van der Waals surface area contributed by atoms with Gasteiger partial charge in [0.2, 0.25) is 0 Å². The van der Waals surface area contributed by atoms with Gasteiger partial charge in [-0.3, -0.25) is 4.79 Å². The van der Waals surface area contributed by atoms with Gasteiger partial charge >= 0.3 is 0 Å². The van der Waals surface area contributed by atoms with E-state index in [0.29, 0.717) is 18.8 Å². The van der Waals surface area contributed by atoms with Gasteiger partial charge in [0.05, 0.1) is 35.3 Å². The molecule has 214 valence electrons. The second-order valence-corrected chi connectivity index (χ2v) is 9.60. The van der Waals surface area contributed by atoms with Crippen LogP contribution in [0.15, 0.2) is 36.4 Å². The van der Waals surface area contributed by atoms with Crippen LogP contribution in [0.3, 0.4) is 0 Å². The van der Waals surface area contributed by atoms with E-state index < -0.39 is 43.2 Å². The predicted molar refractivity (Wildman–Crippen MR) is 146 cm³/mol. The molecule has 1 aromatic heterocycles. The zero-order valence-corrected chi connectivity index (χ0v) is 22.9. The molecule has 0 unspecified atom stereocenters. The van der Waals surface area contributed by atoms with E-state index in [1.54, 1.807) is 0 Å². The number of fused-ring (bicyclic) bond motifs is 1. The fraction of sp³-hybridized carbons (Fsp3) is 0.429. The number of aryl methyl sites for hydroxylation is 1. The molecule has 2 heterocycles. The van der Waals surface area contributed by atoms with E-state index >= 15 is 0 Å². The maximum atomic E-state index is 13.2. The lowest BCUT2D eigenvalue weighted by molar-refractivity contribution is -0.261. The normalized spacial score (nSPS) is 22.6. The first-order valence-corrected chi connectivity index (χ1v) is 13.0. The number of hydrogen-bond acceptors (Lipinski definition) is 9. The average Bonchev–Trinajstić information content (AvgIpc) is 3.32. The fourth-order valence-electron chi connectivity index (χ4n) is 4.62. The van der Waals surface area contributed by atoms with Crippen molar-refractivity contribution in [2.24, 2.45) is 0 Å². The Bertz CT molecular complexity index is 1370. The van der Waals surface area contributed by atoms with Gasteiger partial charge in [0.25, 0.3) is 5.91 Å². The number of nitrogens with zero attached hydrogens (tertiary/aromatic N) is 2. The summed E-state index contributed by atoms with van der Waals surface area (Å²) < 4.78 is 24.2. The molecule has 0 bridgehead atoms. The van der Waals surface area contributed by atoms with Crippen LogP contribution in [0.5, 0.6) is 11.5 Å². The summed E-state index contributed by atoms with van der Waals surface area (Å²) in [6, 6.07) is 9.48. The summed E-state index contributed by atoms with van der Waals surface area (Å²) in [6.07, 6.45) is 1.73. The maximum absolute atomic E-state index is 13.2. The molecular formula is C28H32ClN3O8. The molecule has 1 fully saturated rings. The van der Waals surface area contributed by atoms with Crippen molar-refractivity contribution in [3.05, 3.63) is 52.8 Å². The lowest BCUT2D eigenvalue weighted by atomic mass is 9.96. The minimum Gasteiger partial charge on any atom is -0.496 e. The second-order valence-electron chi connectivity index (χ2n) is 9.19. The summed E-state index contributed by atoms with van der Waals surface area (Å²) in [5, 5.41) is 32.9. The predicted octanol–water partition coefficient (Wildman–Crippen LogP) is 1.87. The highest BCUT2D eigenvalue weighted by atomic mass is 35.5. The molecule has 0 spiro atoms. The van der Waals surface area contributed by atoms with E-state index in [9.17, 15) is 20.1 Å². The number of nitrogens with one attached hydrogen (secondary N) is 1. The van der Waals surface area contributed by atoms with Crippen LogP contribution in [0, 0.1) is 12.3 Å². The van der Waals surface area contributed by atoms with Crippen LogP contribution in [0.1, 0.15) is 29.0 Å². The minimum atomic E-state index is -1.47. The Labute approximate surface area is 236 Å². The number of hydrogen-bond donors (Lipinski definition) is 4. The largest absolute Gasteiger partial charge is 0.496 e. The monoisotopic (exact) mass is 573 g/mol. The van der Waals surface area contributed by atoms with Gasteiger partial charge in [0.1, 0.15) is 48.3 Å². The molecule has 1 aliphatic heterocycles. The Hall–Kier alpha value is -3.37. The Balaban J connectivity index is 1.53. The van der Waals surface area contributed by atoms with Crippen molar-refractivity contribution >= 4 is 28.5 Å². The molecule has 2 aromatic carbocycles. The molecular weight excluding hydrogens is 542 g/mol. The number of amides is 1. The van der Waals surface area contributed by atoms with E-state index in [1.165, 1.54) is 26.4 Å². The molecule has 0 saturated carbocycles. The molecule has 5 atom stereocenters. The van der Waals surface area contributed by atoms with Gasteiger partial charge in [0.15, 0.2) is 6.29 Å². The van der Waals surface area contributed by atoms with Crippen molar-refractivity contribution in [3.8, 4) is 23.8 Å². The number of methoxy groups -OCH3 is 2. The molecule has 1 aliphatic rings. The minimum absolute atomic E-state index is 0.0576. The highest BCUT2D eigenvalue weighted by Crippen LogP contribution is 2.34. The molecule has 12 heteroatoms. The van der Waals surface area contributed by atoms with Gasteiger partial charge in [0, 0.05) is 26.1 Å². The Morgan fingerprint density at radius 2 is 2.00 bits per heavy atom. The highest BCUT2D eigenvalue weighted by molar-refractivity contribution is 6.32. The Morgan fingerprint density at radius 3 is 2.70 bits per heavy atom. The number of benzene rings is 2. The van der Waals surface area contributed by atoms with Crippen molar-refractivity contribution in [3.63, 3.8) is 0 Å². The third-order valence-electron chi connectivity index (χ3n) is 6.70. The van der Waals surface area contributed by atoms with Crippen molar-refractivity contribution in [1.29, 1.82) is 0 Å². The molecule has 0 aliphatic carbocycles. The molecule has 4 rings (SSSR count). The number of carbonyl (C=O) groups excluding carboxylic acids is 1. The van der Waals surface area contributed by atoms with Crippen LogP contribution in [-0.2, 0) is 22.6 Å². The van der Waals surface area contributed by atoms with E-state index in [-0.39, 0.29) is 28.7 Å². The molecule has 11 nitrogen and oxygen atoms in total. The molecule has 3 aromatic rings. The summed E-state index contributed by atoms with van der Waals surface area (Å²) in [5.41, 5.74) is 1.85. The van der Waals surface area contributed by atoms with Crippen LogP contribution in [0.25, 0.3) is 11.0 Å². The van der Waals surface area contributed by atoms with Crippen LogP contribution in [0.4, 0.5) is 0 Å². The van der Waals surface area contributed by atoms with Gasteiger partial charge in [-0.1, -0.05) is 23.7 Å². The number of rotatable bonds is 11. The topological polar surface area (TPSA) is 145 Å². The Morgan fingerprint density at radius 1 is 1.23 bits per heavy atom. The summed E-state index contributed by atoms with van der Waals surface area (Å²) in [5.74, 6) is 3.11. The zero-order valence-electron chi connectivity index (χ0n) is 22.1. The number of imidazole rings is 1. The number of terminal acetylenes is 1. The van der Waals surface area contributed by atoms with E-state index in [2.05, 4.69) is 15.8 Å². The first kappa shape index (κ1) is 29.6. The first-order chi connectivity index (χ1) is 19.3. The summed E-state index contributed by atoms with van der Waals surface area (Å²) >= 11 is 6.50. The van der Waals surface area contributed by atoms with Gasteiger partial charge in [-0.15, -0.1) is 12.3 Å². The quantitative estimate of drug-likeness (QED) is 0.199. The number of aliphatic hydroxyl groups excluding tert-OH is 3. The summed E-state index contributed by atoms with van der Waals surface area (Å²) in [7, 11) is 2.70. The molecule has 1 amide bonds. The number of para-hydroxylation sites is 2. The lowest BCUT2D eigenvalue weighted by Crippen LogP contribution is -2.64. The van der Waals surface area contributed by atoms with Crippen molar-refractivity contribution in [2.75, 3.05) is 20.8 Å². The summed E-state index contributed by atoms with van der Waals surface area (Å²) in [4.78, 5) is 17.9. The average molecular weight is 574 g/mol. The smallest absolute Gasteiger partial charge is 0.255 e. The van der Waals surface area contributed by atoms with E-state index in [1.807, 2.05) is 24.3 Å². The number of aromatic nitrogens is 2. The zero-order chi connectivity index (χ0) is 28.8. The van der Waals surface area contributed by atoms with Crippen LogP contribution < -0.4 is 14.8 Å². The number of aliphatic hydroxyl groups is 3. The van der Waals surface area contributed by atoms with Gasteiger partial charge in [-0.25, -0.2) is 4.98 Å². The number of unbranched alkanes of at least 4 members (excludes halogenated alkanes) is 1. The first-order valence-electron chi connectivity index (χ1n) is 12.7. The third kappa shape index (κ3) is 6.18. The summed E-state index contributed by atoms with van der Waals surface area (Å²) in [6.45, 7) is 0.238. The van der Waals surface area contributed by atoms with E-state index in [0.717, 1.165) is 17.5 Å². The number of halogens is 1. The van der Waals surface area contributed by atoms with Crippen molar-refractivity contribution in [1.82, 2.24) is 14.9 Å². The second kappa shape index (κ2) is 13.3. The molecule has 40 heavy (non-hydrogen) atoms. The van der Waals surface area contributed by atoms with Crippen LogP contribution >= 0.6 is 11.6 Å². The van der Waals surface area contributed by atoms with Crippen molar-refractivity contribution < 1.29 is 39.1 Å². The SMILES string of the molecule is C#CCCCn1c(COc2cc(OC)c(C(=O)N[C@H]3[C@@H](OC)O[C@H](CO)[C@@H](O)[C@@H]3O)cc2Cl)nc2ccccc21. The molecule has 1 saturated heterocycles. The van der Waals surface area contributed by atoms with Crippen LogP contribution in [-0.4, -0.2) is 82.2 Å². The van der Waals surface area contributed by atoms with Gasteiger partial charge in [-0.05, 0) is 24.6 Å². The van der Waals surface area contributed by atoms with Crippen molar-refractivity contribution in [2.45, 2.75) is 56.6 Å². The molecule has 4 N–H and O–H groups in total. The van der Waals surface area contributed by atoms with Crippen LogP contribution in [0.2, 0.25) is 5.02 Å². The Kier molecular flexibility index (Phi) is 9.86. The third-order valence-corrected chi connectivity index (χ3v) is 7.00. The van der Waals surface area contributed by atoms with E-state index in [4.69, 9.17) is 42.0 Å². The van der Waals surface area contributed by atoms with Gasteiger partial charge in [-0.2, -0.15) is 0 Å². The number of carbonyl (C=O) groups is 1.